The molecule has 198 valence electrons. The second kappa shape index (κ2) is 9.06. The number of carboxylic acid groups (broad SMARTS) is 1. The first kappa shape index (κ1) is 24.1. The molecule has 3 amide bonds. The van der Waals surface area contributed by atoms with E-state index < -0.39 is 12.2 Å². The van der Waals surface area contributed by atoms with E-state index in [0.29, 0.717) is 35.9 Å². The van der Waals surface area contributed by atoms with Crippen molar-refractivity contribution in [2.24, 2.45) is 0 Å². The number of pyridine rings is 1. The van der Waals surface area contributed by atoms with Crippen molar-refractivity contribution < 1.29 is 28.8 Å². The molecule has 0 spiro atoms. The number of halogens is 1. The van der Waals surface area contributed by atoms with Crippen LogP contribution in [0.25, 0.3) is 21.3 Å². The fraction of sp³-hybridized carbons (Fsp3) is 0.296. The third-order valence-electron chi connectivity index (χ3n) is 7.45. The molecule has 1 aromatic carbocycles. The SMILES string of the molecule is O=C(O)N1CCc2noc(C3Cc4cc(Cl)cc(-c5ccnc6cc(CN7C(=O)CCC7=O)sc56)c4O3)c2C1. The van der Waals surface area contributed by atoms with Crippen molar-refractivity contribution >= 4 is 51.1 Å². The standard InChI is InChI=1S/C27H21ClN4O6S/c28-14-7-13-8-21(25-18-12-31(27(35)36)6-4-19(18)30-38-25)37-24(13)17(9-14)16-3-5-29-20-10-15(39-26(16)20)11-32-22(33)1-2-23(32)34/h3,5,7,9-10,21H,1-2,4,6,8,11-12H2,(H,35,36). The van der Waals surface area contributed by atoms with Crippen molar-refractivity contribution in [3.8, 4) is 16.9 Å². The lowest BCUT2D eigenvalue weighted by atomic mass is 9.98. The minimum Gasteiger partial charge on any atom is -0.481 e. The van der Waals surface area contributed by atoms with Gasteiger partial charge in [-0.2, -0.15) is 0 Å². The van der Waals surface area contributed by atoms with Crippen LogP contribution in [0.3, 0.4) is 0 Å². The quantitative estimate of drug-likeness (QED) is 0.344. The second-order valence-corrected chi connectivity index (χ2v) is 11.4. The topological polar surface area (TPSA) is 126 Å². The maximum Gasteiger partial charge on any atom is 0.407 e. The number of likely N-dealkylation sites (tertiary alicyclic amines) is 1. The molecule has 3 aliphatic rings. The van der Waals surface area contributed by atoms with Gasteiger partial charge in [0.15, 0.2) is 11.9 Å². The van der Waals surface area contributed by atoms with E-state index in [1.807, 2.05) is 24.3 Å². The van der Waals surface area contributed by atoms with Crippen molar-refractivity contribution in [3.63, 3.8) is 0 Å². The highest BCUT2D eigenvalue weighted by Crippen LogP contribution is 2.48. The highest BCUT2D eigenvalue weighted by atomic mass is 35.5. The van der Waals surface area contributed by atoms with Crippen molar-refractivity contribution in [3.05, 3.63) is 62.9 Å². The van der Waals surface area contributed by atoms with Gasteiger partial charge in [0, 0.05) is 70.6 Å². The first-order chi connectivity index (χ1) is 18.9. The Morgan fingerprint density at radius 3 is 2.77 bits per heavy atom. The predicted molar refractivity (Wildman–Crippen MR) is 141 cm³/mol. The van der Waals surface area contributed by atoms with Crippen LogP contribution in [0.5, 0.6) is 5.75 Å². The second-order valence-electron chi connectivity index (χ2n) is 9.84. The maximum absolute atomic E-state index is 12.1. The molecule has 7 rings (SSSR count). The number of hydrogen-bond donors (Lipinski definition) is 1. The van der Waals surface area contributed by atoms with Crippen LogP contribution in [-0.2, 0) is 35.5 Å². The average molecular weight is 565 g/mol. The number of amides is 3. The van der Waals surface area contributed by atoms with Crippen LogP contribution >= 0.6 is 22.9 Å². The molecule has 1 saturated heterocycles. The molecule has 0 saturated carbocycles. The summed E-state index contributed by atoms with van der Waals surface area (Å²) in [6.07, 6.45) is 1.77. The minimum atomic E-state index is -0.979. The van der Waals surface area contributed by atoms with Crippen LogP contribution in [0.4, 0.5) is 4.79 Å². The predicted octanol–water partition coefficient (Wildman–Crippen LogP) is 4.97. The van der Waals surface area contributed by atoms with Gasteiger partial charge in [-0.3, -0.25) is 19.5 Å². The molecule has 12 heteroatoms. The highest BCUT2D eigenvalue weighted by molar-refractivity contribution is 7.19. The third-order valence-corrected chi connectivity index (χ3v) is 8.81. The molecule has 4 aromatic rings. The molecule has 39 heavy (non-hydrogen) atoms. The number of aromatic nitrogens is 2. The number of nitrogens with zero attached hydrogens (tertiary/aromatic N) is 4. The summed E-state index contributed by atoms with van der Waals surface area (Å²) in [5.41, 5.74) is 4.87. The Morgan fingerprint density at radius 2 is 1.97 bits per heavy atom. The fourth-order valence-corrected chi connectivity index (χ4v) is 6.92. The van der Waals surface area contributed by atoms with Gasteiger partial charge in [-0.05, 0) is 24.3 Å². The van der Waals surface area contributed by atoms with Gasteiger partial charge in [-0.1, -0.05) is 16.8 Å². The Balaban J connectivity index is 1.24. The molecule has 10 nitrogen and oxygen atoms in total. The zero-order valence-electron chi connectivity index (χ0n) is 20.5. The van der Waals surface area contributed by atoms with E-state index in [2.05, 4.69) is 10.1 Å². The molecular weight excluding hydrogens is 544 g/mol. The van der Waals surface area contributed by atoms with Gasteiger partial charge in [-0.15, -0.1) is 11.3 Å². The zero-order chi connectivity index (χ0) is 26.8. The molecule has 1 atom stereocenters. The lowest BCUT2D eigenvalue weighted by Gasteiger charge is -2.23. The Bertz CT molecular complexity index is 1680. The van der Waals surface area contributed by atoms with Gasteiger partial charge in [0.2, 0.25) is 11.8 Å². The Labute approximate surface area is 230 Å². The van der Waals surface area contributed by atoms with Gasteiger partial charge in [-0.25, -0.2) is 4.79 Å². The van der Waals surface area contributed by atoms with E-state index in [4.69, 9.17) is 20.9 Å². The van der Waals surface area contributed by atoms with E-state index >= 15 is 0 Å². The summed E-state index contributed by atoms with van der Waals surface area (Å²) in [6, 6.07) is 7.53. The number of ether oxygens (including phenoxy) is 1. The number of carbonyl (C=O) groups is 3. The van der Waals surface area contributed by atoms with Crippen molar-refractivity contribution in [1.82, 2.24) is 19.9 Å². The van der Waals surface area contributed by atoms with Gasteiger partial charge >= 0.3 is 6.09 Å². The zero-order valence-corrected chi connectivity index (χ0v) is 22.0. The molecular formula is C27H21ClN4O6S. The van der Waals surface area contributed by atoms with E-state index in [1.165, 1.54) is 21.1 Å². The average Bonchev–Trinajstić information content (AvgIpc) is 3.69. The van der Waals surface area contributed by atoms with Crippen LogP contribution < -0.4 is 4.74 Å². The first-order valence-corrected chi connectivity index (χ1v) is 13.7. The highest BCUT2D eigenvalue weighted by Gasteiger charge is 2.36. The summed E-state index contributed by atoms with van der Waals surface area (Å²) in [7, 11) is 0. The summed E-state index contributed by atoms with van der Waals surface area (Å²) in [6.45, 7) is 0.813. The molecule has 3 aromatic heterocycles. The van der Waals surface area contributed by atoms with E-state index in [9.17, 15) is 19.5 Å². The molecule has 1 N–H and O–H groups in total. The van der Waals surface area contributed by atoms with Gasteiger partial charge in [0.05, 0.1) is 29.0 Å². The smallest absolute Gasteiger partial charge is 0.407 e. The molecule has 6 heterocycles. The third kappa shape index (κ3) is 4.04. The number of rotatable bonds is 4. The monoisotopic (exact) mass is 564 g/mol. The van der Waals surface area contributed by atoms with Gasteiger partial charge < -0.3 is 19.3 Å². The summed E-state index contributed by atoms with van der Waals surface area (Å²) in [5, 5.41) is 14.2. The number of imide groups is 1. The van der Waals surface area contributed by atoms with Crippen LogP contribution in [0.15, 0.2) is 35.0 Å². The van der Waals surface area contributed by atoms with Crippen molar-refractivity contribution in [1.29, 1.82) is 0 Å². The van der Waals surface area contributed by atoms with Crippen LogP contribution in [0.1, 0.15) is 46.4 Å². The summed E-state index contributed by atoms with van der Waals surface area (Å²) >= 11 is 8.05. The molecule has 0 bridgehead atoms. The van der Waals surface area contributed by atoms with E-state index in [1.54, 1.807) is 6.20 Å². The Kier molecular flexibility index (Phi) is 5.60. The maximum atomic E-state index is 12.1. The number of fused-ring (bicyclic) bond motifs is 3. The van der Waals surface area contributed by atoms with Crippen LogP contribution in [0.2, 0.25) is 5.02 Å². The fourth-order valence-electron chi connectivity index (χ4n) is 5.55. The lowest BCUT2D eigenvalue weighted by molar-refractivity contribution is -0.138. The molecule has 1 unspecified atom stereocenters. The number of hydrogen-bond acceptors (Lipinski definition) is 8. The summed E-state index contributed by atoms with van der Waals surface area (Å²) in [4.78, 5) is 43.9. The summed E-state index contributed by atoms with van der Waals surface area (Å²) < 4.78 is 13.1. The van der Waals surface area contributed by atoms with Crippen LogP contribution in [0, 0.1) is 0 Å². The normalized spacial score (nSPS) is 18.5. The number of benzene rings is 1. The number of carbonyl (C=O) groups excluding carboxylic acids is 2. The minimum absolute atomic E-state index is 0.154. The molecule has 0 aliphatic carbocycles. The van der Waals surface area contributed by atoms with E-state index in [-0.39, 0.29) is 37.7 Å². The Hall–Kier alpha value is -3.96. The molecule has 0 radical (unpaired) electrons. The Morgan fingerprint density at radius 1 is 1.15 bits per heavy atom. The summed E-state index contributed by atoms with van der Waals surface area (Å²) in [5.74, 6) is 0.901. The van der Waals surface area contributed by atoms with Gasteiger partial charge in [0.25, 0.3) is 0 Å². The van der Waals surface area contributed by atoms with Crippen molar-refractivity contribution in [2.45, 2.75) is 44.9 Å². The van der Waals surface area contributed by atoms with Gasteiger partial charge in [0.1, 0.15) is 5.75 Å². The number of thiophene rings is 1. The first-order valence-electron chi connectivity index (χ1n) is 12.5. The van der Waals surface area contributed by atoms with Crippen molar-refractivity contribution in [2.75, 3.05) is 6.54 Å². The molecule has 3 aliphatic heterocycles. The lowest BCUT2D eigenvalue weighted by Crippen LogP contribution is -2.35. The molecule has 1 fully saturated rings. The van der Waals surface area contributed by atoms with Crippen LogP contribution in [-0.4, -0.2) is 49.5 Å². The largest absolute Gasteiger partial charge is 0.481 e. The van der Waals surface area contributed by atoms with E-state index in [0.717, 1.165) is 43.0 Å².